The van der Waals surface area contributed by atoms with E-state index < -0.39 is 6.10 Å². The van der Waals surface area contributed by atoms with Crippen LogP contribution in [0, 0.1) is 5.92 Å². The SMILES string of the molecule is CC(O)C(=O)C1CCCCC(c2nnc3cnc4ccc(-c5ccc6nc(N)sc6c5)cc4n23)CC1. The molecule has 0 radical (unpaired) electrons. The first kappa shape index (κ1) is 23.0. The molecule has 0 saturated heterocycles. The lowest BCUT2D eigenvalue weighted by atomic mass is 9.82. The maximum atomic E-state index is 12.5. The van der Waals surface area contributed by atoms with E-state index in [1.54, 1.807) is 13.1 Å². The molecule has 8 nitrogen and oxygen atoms in total. The molecule has 0 spiro atoms. The zero-order chi connectivity index (χ0) is 24.8. The molecule has 9 heteroatoms. The first-order chi connectivity index (χ1) is 17.5. The fraction of sp³-hybridized carbons (Fsp3) is 0.370. The number of aliphatic hydroxyl groups excluding tert-OH is 1. The molecule has 1 aliphatic carbocycles. The van der Waals surface area contributed by atoms with Crippen LogP contribution < -0.4 is 5.73 Å². The van der Waals surface area contributed by atoms with Gasteiger partial charge in [-0.1, -0.05) is 36.3 Å². The van der Waals surface area contributed by atoms with Crippen molar-refractivity contribution in [1.82, 2.24) is 24.6 Å². The summed E-state index contributed by atoms with van der Waals surface area (Å²) in [6, 6.07) is 12.5. The summed E-state index contributed by atoms with van der Waals surface area (Å²) in [6.07, 6.45) is 6.32. The first-order valence-corrected chi connectivity index (χ1v) is 13.3. The summed E-state index contributed by atoms with van der Waals surface area (Å²) in [5.41, 5.74) is 11.5. The van der Waals surface area contributed by atoms with Crippen LogP contribution in [-0.2, 0) is 4.79 Å². The zero-order valence-corrected chi connectivity index (χ0v) is 20.9. The third-order valence-electron chi connectivity index (χ3n) is 7.38. The zero-order valence-electron chi connectivity index (χ0n) is 20.1. The number of thiazole rings is 1. The van der Waals surface area contributed by atoms with Crippen molar-refractivity contribution >= 4 is 49.1 Å². The molecule has 3 atom stereocenters. The number of Topliss-reactive ketones (excluding diaryl/α,β-unsaturated/α-hetero) is 1. The highest BCUT2D eigenvalue weighted by molar-refractivity contribution is 7.22. The molecule has 3 aromatic heterocycles. The van der Waals surface area contributed by atoms with Crippen LogP contribution in [0.4, 0.5) is 5.13 Å². The summed E-state index contributed by atoms with van der Waals surface area (Å²) in [5.74, 6) is 0.981. The minimum absolute atomic E-state index is 0.0410. The summed E-state index contributed by atoms with van der Waals surface area (Å²) in [7, 11) is 0. The van der Waals surface area contributed by atoms with Crippen LogP contribution in [0.2, 0.25) is 0 Å². The predicted molar refractivity (Wildman–Crippen MR) is 142 cm³/mol. The Kier molecular flexibility index (Phi) is 5.89. The summed E-state index contributed by atoms with van der Waals surface area (Å²) in [5, 5.41) is 19.5. The van der Waals surface area contributed by atoms with Crippen molar-refractivity contribution in [2.24, 2.45) is 5.92 Å². The number of hydrogen-bond acceptors (Lipinski definition) is 8. The lowest BCUT2D eigenvalue weighted by molar-refractivity contribution is -0.131. The minimum atomic E-state index is -0.907. The van der Waals surface area contributed by atoms with E-state index >= 15 is 0 Å². The smallest absolute Gasteiger partial charge is 0.181 e. The monoisotopic (exact) mass is 500 g/mol. The van der Waals surface area contributed by atoms with Gasteiger partial charge in [0.1, 0.15) is 11.9 Å². The van der Waals surface area contributed by atoms with Gasteiger partial charge in [0.05, 0.1) is 27.4 Å². The van der Waals surface area contributed by atoms with Crippen LogP contribution in [0.25, 0.3) is 38.0 Å². The second-order valence-corrected chi connectivity index (χ2v) is 10.8. The van der Waals surface area contributed by atoms with Crippen LogP contribution in [0.1, 0.15) is 57.2 Å². The van der Waals surface area contributed by atoms with E-state index in [-0.39, 0.29) is 17.6 Å². The maximum absolute atomic E-state index is 12.5. The summed E-state index contributed by atoms with van der Waals surface area (Å²) in [6.45, 7) is 1.57. The van der Waals surface area contributed by atoms with Gasteiger partial charge in [0.15, 0.2) is 16.6 Å². The van der Waals surface area contributed by atoms with Gasteiger partial charge in [0.2, 0.25) is 0 Å². The van der Waals surface area contributed by atoms with Gasteiger partial charge in [0, 0.05) is 11.8 Å². The molecule has 2 aromatic carbocycles. The molecule has 3 heterocycles. The Bertz CT molecular complexity index is 1590. The van der Waals surface area contributed by atoms with Crippen LogP contribution >= 0.6 is 11.3 Å². The molecule has 6 rings (SSSR count). The molecule has 0 bridgehead atoms. The van der Waals surface area contributed by atoms with Gasteiger partial charge in [-0.15, -0.1) is 10.2 Å². The van der Waals surface area contributed by atoms with E-state index in [4.69, 9.17) is 5.73 Å². The van der Waals surface area contributed by atoms with Gasteiger partial charge in [-0.05, 0) is 68.0 Å². The summed E-state index contributed by atoms with van der Waals surface area (Å²) in [4.78, 5) is 21.5. The molecule has 3 unspecified atom stereocenters. The number of fused-ring (bicyclic) bond motifs is 4. The summed E-state index contributed by atoms with van der Waals surface area (Å²) < 4.78 is 3.19. The molecule has 184 valence electrons. The van der Waals surface area contributed by atoms with Crippen molar-refractivity contribution in [3.63, 3.8) is 0 Å². The highest BCUT2D eigenvalue weighted by Gasteiger charge is 2.28. The number of carbonyl (C=O) groups is 1. The van der Waals surface area contributed by atoms with Crippen molar-refractivity contribution in [3.8, 4) is 11.1 Å². The van der Waals surface area contributed by atoms with Gasteiger partial charge in [0.25, 0.3) is 0 Å². The lowest BCUT2D eigenvalue weighted by Gasteiger charge is -2.24. The van der Waals surface area contributed by atoms with E-state index in [0.29, 0.717) is 5.13 Å². The number of rotatable bonds is 4. The van der Waals surface area contributed by atoms with Gasteiger partial charge in [-0.2, -0.15) is 0 Å². The standard InChI is InChI=1S/C27H28N6O2S/c1-15(34)25(35)16-4-2-3-5-17(7-6-16)26-32-31-24-14-29-20-10-8-18(12-22(20)33(24)26)19-9-11-21-23(13-19)36-27(28)30-21/h8-17,34H,2-7H2,1H3,(H2,28,30). The highest BCUT2D eigenvalue weighted by atomic mass is 32.1. The normalized spacial score (nSPS) is 19.9. The van der Waals surface area contributed by atoms with E-state index in [0.717, 1.165) is 82.4 Å². The number of ketones is 1. The van der Waals surface area contributed by atoms with Crippen LogP contribution in [0.3, 0.4) is 0 Å². The third-order valence-corrected chi connectivity index (χ3v) is 8.23. The van der Waals surface area contributed by atoms with Crippen LogP contribution in [0.5, 0.6) is 0 Å². The van der Waals surface area contributed by atoms with Crippen LogP contribution in [-0.4, -0.2) is 41.6 Å². The van der Waals surface area contributed by atoms with Gasteiger partial charge in [-0.3, -0.25) is 14.2 Å². The Hall–Kier alpha value is -3.43. The van der Waals surface area contributed by atoms with Crippen molar-refractivity contribution in [3.05, 3.63) is 48.4 Å². The lowest BCUT2D eigenvalue weighted by Crippen LogP contribution is -2.27. The van der Waals surface area contributed by atoms with E-state index in [1.165, 1.54) is 11.3 Å². The predicted octanol–water partition coefficient (Wildman–Crippen LogP) is 5.14. The van der Waals surface area contributed by atoms with Crippen molar-refractivity contribution in [2.45, 2.75) is 57.5 Å². The molecule has 1 fully saturated rings. The molecule has 36 heavy (non-hydrogen) atoms. The van der Waals surface area contributed by atoms with Gasteiger partial charge >= 0.3 is 0 Å². The Morgan fingerprint density at radius 1 is 1.06 bits per heavy atom. The number of nitrogens with zero attached hydrogens (tertiary/aromatic N) is 5. The molecular weight excluding hydrogens is 472 g/mol. The van der Waals surface area contributed by atoms with Gasteiger partial charge in [-0.25, -0.2) is 4.98 Å². The van der Waals surface area contributed by atoms with Crippen molar-refractivity contribution in [2.75, 3.05) is 5.73 Å². The fourth-order valence-electron chi connectivity index (χ4n) is 5.50. The number of nitrogens with two attached hydrogens (primary N) is 1. The second kappa shape index (κ2) is 9.22. The average Bonchev–Trinajstić information content (AvgIpc) is 3.45. The van der Waals surface area contributed by atoms with Gasteiger partial charge < -0.3 is 10.8 Å². The number of aliphatic hydroxyl groups is 1. The molecular formula is C27H28N6O2S. The molecule has 0 amide bonds. The Morgan fingerprint density at radius 3 is 2.67 bits per heavy atom. The summed E-state index contributed by atoms with van der Waals surface area (Å²) >= 11 is 1.49. The second-order valence-electron chi connectivity index (χ2n) is 9.78. The average molecular weight is 501 g/mol. The van der Waals surface area contributed by atoms with Crippen molar-refractivity contribution in [1.29, 1.82) is 0 Å². The number of hydrogen-bond donors (Lipinski definition) is 2. The number of nitrogen functional groups attached to an aromatic ring is 1. The Balaban J connectivity index is 1.41. The van der Waals surface area contributed by atoms with Crippen molar-refractivity contribution < 1.29 is 9.90 Å². The van der Waals surface area contributed by atoms with E-state index in [2.05, 4.69) is 48.8 Å². The van der Waals surface area contributed by atoms with E-state index in [1.807, 2.05) is 12.1 Å². The molecule has 1 saturated carbocycles. The molecule has 5 aromatic rings. The Morgan fingerprint density at radius 2 is 1.83 bits per heavy atom. The number of anilines is 1. The third kappa shape index (κ3) is 4.12. The largest absolute Gasteiger partial charge is 0.386 e. The number of carbonyl (C=O) groups excluding carboxylic acids is 1. The quantitative estimate of drug-likeness (QED) is 0.351. The topological polar surface area (TPSA) is 119 Å². The minimum Gasteiger partial charge on any atom is -0.386 e. The maximum Gasteiger partial charge on any atom is 0.181 e. The number of aromatic nitrogens is 5. The first-order valence-electron chi connectivity index (χ1n) is 12.5. The fourth-order valence-corrected chi connectivity index (χ4v) is 6.27. The molecule has 1 aliphatic rings. The Labute approximate surface area is 212 Å². The van der Waals surface area contributed by atoms with Crippen LogP contribution in [0.15, 0.2) is 42.6 Å². The van der Waals surface area contributed by atoms with E-state index in [9.17, 15) is 9.90 Å². The molecule has 3 N–H and O–H groups in total. The highest BCUT2D eigenvalue weighted by Crippen LogP contribution is 2.35. The number of benzene rings is 2. The molecule has 0 aliphatic heterocycles.